The van der Waals surface area contributed by atoms with Crippen LogP contribution in [-0.4, -0.2) is 29.1 Å². The maximum absolute atomic E-state index is 11.6. The first-order chi connectivity index (χ1) is 9.29. The predicted octanol–water partition coefficient (Wildman–Crippen LogP) is 2.00. The molecular formula is C14H19N3O2. The fourth-order valence-electron chi connectivity index (χ4n) is 1.84. The van der Waals surface area contributed by atoms with Crippen LogP contribution in [0.2, 0.25) is 0 Å². The van der Waals surface area contributed by atoms with Crippen molar-refractivity contribution in [3.8, 4) is 0 Å². The number of benzene rings is 1. The number of nitrogens with one attached hydrogen (secondary N) is 2. The zero-order valence-electron chi connectivity index (χ0n) is 11.1. The second-order valence-electron chi connectivity index (χ2n) is 4.28. The number of ether oxygens (including phenoxy) is 1. The number of aromatic nitrogens is 2. The van der Waals surface area contributed by atoms with E-state index in [0.717, 1.165) is 23.3 Å². The van der Waals surface area contributed by atoms with Crippen LogP contribution in [0, 0.1) is 0 Å². The number of fused-ring (bicyclic) bond motifs is 1. The van der Waals surface area contributed by atoms with Crippen LogP contribution in [-0.2, 0) is 16.1 Å². The zero-order valence-corrected chi connectivity index (χ0v) is 11.1. The number of carbonyl (C=O) groups excluding carboxylic acids is 1. The molecule has 0 aliphatic carbocycles. The van der Waals surface area contributed by atoms with Crippen LogP contribution in [0.3, 0.4) is 0 Å². The number of carbonyl (C=O) groups is 1. The van der Waals surface area contributed by atoms with E-state index < -0.39 is 0 Å². The van der Waals surface area contributed by atoms with Crippen molar-refractivity contribution in [3.05, 3.63) is 30.1 Å². The van der Waals surface area contributed by atoms with E-state index in [0.29, 0.717) is 26.2 Å². The lowest BCUT2D eigenvalue weighted by molar-refractivity contribution is -0.121. The molecule has 1 heterocycles. The summed E-state index contributed by atoms with van der Waals surface area (Å²) in [5.41, 5.74) is 1.91. The van der Waals surface area contributed by atoms with Gasteiger partial charge in [-0.2, -0.15) is 0 Å². The molecule has 2 aromatic rings. The molecule has 0 atom stereocenters. The van der Waals surface area contributed by atoms with Crippen molar-refractivity contribution < 1.29 is 9.53 Å². The molecule has 5 nitrogen and oxygen atoms in total. The number of hydrogen-bond donors (Lipinski definition) is 2. The molecule has 0 radical (unpaired) electrons. The van der Waals surface area contributed by atoms with Crippen LogP contribution in [0.5, 0.6) is 0 Å². The molecule has 0 saturated carbocycles. The second kappa shape index (κ2) is 6.89. The van der Waals surface area contributed by atoms with E-state index in [1.165, 1.54) is 0 Å². The third-order valence-electron chi connectivity index (χ3n) is 2.79. The standard InChI is InChI=1S/C14H19N3O2/c1-2-19-9-5-8-14(18)15-10-13-16-11-6-3-4-7-12(11)17-13/h3-4,6-7H,2,5,8-10H2,1H3,(H,15,18)(H,16,17). The topological polar surface area (TPSA) is 67.0 Å². The number of H-pyrrole nitrogens is 1. The average Bonchev–Trinajstić information content (AvgIpc) is 2.84. The molecule has 1 aromatic heterocycles. The fraction of sp³-hybridized carbons (Fsp3) is 0.429. The van der Waals surface area contributed by atoms with Crippen LogP contribution < -0.4 is 5.32 Å². The number of para-hydroxylation sites is 2. The van der Waals surface area contributed by atoms with Crippen LogP contribution in [0.1, 0.15) is 25.6 Å². The smallest absolute Gasteiger partial charge is 0.220 e. The molecule has 1 aromatic carbocycles. The van der Waals surface area contributed by atoms with Gasteiger partial charge in [-0.15, -0.1) is 0 Å². The SMILES string of the molecule is CCOCCCC(=O)NCc1nc2ccccc2[nH]1. The van der Waals surface area contributed by atoms with Gasteiger partial charge in [0.05, 0.1) is 17.6 Å². The molecule has 0 bridgehead atoms. The summed E-state index contributed by atoms with van der Waals surface area (Å²) in [6.45, 7) is 3.71. The van der Waals surface area contributed by atoms with Crippen molar-refractivity contribution in [3.63, 3.8) is 0 Å². The molecule has 0 saturated heterocycles. The number of amides is 1. The van der Waals surface area contributed by atoms with Crippen molar-refractivity contribution >= 4 is 16.9 Å². The molecule has 102 valence electrons. The van der Waals surface area contributed by atoms with Gasteiger partial charge in [-0.3, -0.25) is 4.79 Å². The molecule has 1 amide bonds. The summed E-state index contributed by atoms with van der Waals surface area (Å²) < 4.78 is 5.19. The number of imidazole rings is 1. The molecule has 2 rings (SSSR count). The summed E-state index contributed by atoms with van der Waals surface area (Å²) in [6, 6.07) is 7.81. The van der Waals surface area contributed by atoms with Crippen molar-refractivity contribution in [2.45, 2.75) is 26.3 Å². The normalized spacial score (nSPS) is 10.8. The summed E-state index contributed by atoms with van der Waals surface area (Å²) in [7, 11) is 0. The van der Waals surface area contributed by atoms with Gasteiger partial charge >= 0.3 is 0 Å². The van der Waals surface area contributed by atoms with E-state index in [9.17, 15) is 4.79 Å². The number of nitrogens with zero attached hydrogens (tertiary/aromatic N) is 1. The molecule has 0 unspecified atom stereocenters. The van der Waals surface area contributed by atoms with Gasteiger partial charge in [-0.25, -0.2) is 4.98 Å². The first-order valence-corrected chi connectivity index (χ1v) is 6.57. The highest BCUT2D eigenvalue weighted by Crippen LogP contribution is 2.09. The number of aromatic amines is 1. The van der Waals surface area contributed by atoms with Gasteiger partial charge in [0.15, 0.2) is 0 Å². The summed E-state index contributed by atoms with van der Waals surface area (Å²) in [6.07, 6.45) is 1.24. The van der Waals surface area contributed by atoms with E-state index in [1.807, 2.05) is 31.2 Å². The van der Waals surface area contributed by atoms with E-state index in [2.05, 4.69) is 15.3 Å². The molecule has 0 spiro atoms. The Morgan fingerprint density at radius 1 is 1.42 bits per heavy atom. The molecule has 0 aliphatic heterocycles. The monoisotopic (exact) mass is 261 g/mol. The van der Waals surface area contributed by atoms with Gasteiger partial charge in [0, 0.05) is 19.6 Å². The second-order valence-corrected chi connectivity index (χ2v) is 4.28. The third-order valence-corrected chi connectivity index (χ3v) is 2.79. The Morgan fingerprint density at radius 3 is 3.05 bits per heavy atom. The van der Waals surface area contributed by atoms with E-state index in [4.69, 9.17) is 4.74 Å². The van der Waals surface area contributed by atoms with Gasteiger partial charge in [0.1, 0.15) is 5.82 Å². The summed E-state index contributed by atoms with van der Waals surface area (Å²) in [5.74, 6) is 0.805. The van der Waals surface area contributed by atoms with Crippen LogP contribution in [0.25, 0.3) is 11.0 Å². The highest BCUT2D eigenvalue weighted by molar-refractivity contribution is 5.76. The number of rotatable bonds is 7. The average molecular weight is 261 g/mol. The van der Waals surface area contributed by atoms with Crippen molar-refractivity contribution in [1.82, 2.24) is 15.3 Å². The molecule has 0 fully saturated rings. The Bertz CT molecular complexity index is 503. The number of hydrogen-bond acceptors (Lipinski definition) is 3. The highest BCUT2D eigenvalue weighted by Gasteiger charge is 2.04. The van der Waals surface area contributed by atoms with Gasteiger partial charge < -0.3 is 15.0 Å². The quantitative estimate of drug-likeness (QED) is 0.749. The third kappa shape index (κ3) is 4.06. The summed E-state index contributed by atoms with van der Waals surface area (Å²) >= 11 is 0. The lowest BCUT2D eigenvalue weighted by atomic mass is 10.3. The summed E-state index contributed by atoms with van der Waals surface area (Å²) in [4.78, 5) is 19.2. The minimum atomic E-state index is 0.0279. The lowest BCUT2D eigenvalue weighted by Crippen LogP contribution is -2.23. The Hall–Kier alpha value is -1.88. The van der Waals surface area contributed by atoms with Crippen LogP contribution in [0.4, 0.5) is 0 Å². The van der Waals surface area contributed by atoms with Gasteiger partial charge in [0.2, 0.25) is 5.91 Å². The maximum Gasteiger partial charge on any atom is 0.220 e. The Labute approximate surface area is 112 Å². The lowest BCUT2D eigenvalue weighted by Gasteiger charge is -2.03. The van der Waals surface area contributed by atoms with Gasteiger partial charge in [-0.05, 0) is 25.5 Å². The Morgan fingerprint density at radius 2 is 2.26 bits per heavy atom. The predicted molar refractivity (Wildman–Crippen MR) is 73.7 cm³/mol. The van der Waals surface area contributed by atoms with Crippen LogP contribution >= 0.6 is 0 Å². The minimum absolute atomic E-state index is 0.0279. The van der Waals surface area contributed by atoms with Gasteiger partial charge in [0.25, 0.3) is 0 Å². The van der Waals surface area contributed by atoms with E-state index in [-0.39, 0.29) is 5.91 Å². The zero-order chi connectivity index (χ0) is 13.5. The molecule has 19 heavy (non-hydrogen) atoms. The van der Waals surface area contributed by atoms with Crippen molar-refractivity contribution in [2.24, 2.45) is 0 Å². The minimum Gasteiger partial charge on any atom is -0.382 e. The summed E-state index contributed by atoms with van der Waals surface area (Å²) in [5, 5.41) is 2.85. The van der Waals surface area contributed by atoms with Crippen LogP contribution in [0.15, 0.2) is 24.3 Å². The molecule has 2 N–H and O–H groups in total. The Balaban J connectivity index is 1.77. The van der Waals surface area contributed by atoms with E-state index in [1.54, 1.807) is 0 Å². The molecule has 0 aliphatic rings. The first kappa shape index (κ1) is 13.5. The largest absolute Gasteiger partial charge is 0.382 e. The maximum atomic E-state index is 11.6. The fourth-order valence-corrected chi connectivity index (χ4v) is 1.84. The van der Waals surface area contributed by atoms with Gasteiger partial charge in [-0.1, -0.05) is 12.1 Å². The van der Waals surface area contributed by atoms with E-state index >= 15 is 0 Å². The molecule has 5 heteroatoms. The highest BCUT2D eigenvalue weighted by atomic mass is 16.5. The van der Waals surface area contributed by atoms with Crippen molar-refractivity contribution in [2.75, 3.05) is 13.2 Å². The molecular weight excluding hydrogens is 242 g/mol. The Kier molecular flexibility index (Phi) is 4.92. The van der Waals surface area contributed by atoms with Crippen molar-refractivity contribution in [1.29, 1.82) is 0 Å². The first-order valence-electron chi connectivity index (χ1n) is 6.57.